The van der Waals surface area contributed by atoms with Crippen molar-refractivity contribution in [3.05, 3.63) is 79.0 Å². The van der Waals surface area contributed by atoms with Crippen molar-refractivity contribution in [2.75, 3.05) is 11.9 Å². The van der Waals surface area contributed by atoms with Crippen LogP contribution in [0.5, 0.6) is 0 Å². The molecule has 5 heteroatoms. The maximum Gasteiger partial charge on any atom is 0.494 e. The molecule has 0 saturated carbocycles. The van der Waals surface area contributed by atoms with Crippen LogP contribution < -0.4 is 16.1 Å². The molecule has 0 radical (unpaired) electrons. The predicted octanol–water partition coefficient (Wildman–Crippen LogP) is 5.81. The molecule has 1 fully saturated rings. The van der Waals surface area contributed by atoms with Gasteiger partial charge in [-0.15, -0.1) is 0 Å². The average Bonchev–Trinajstić information content (AvgIpc) is 3.02. The highest BCUT2D eigenvalue weighted by Crippen LogP contribution is 2.37. The second-order valence-corrected chi connectivity index (χ2v) is 7.77. The van der Waals surface area contributed by atoms with Crippen molar-refractivity contribution < 1.29 is 9.31 Å². The second kappa shape index (κ2) is 11.9. The van der Waals surface area contributed by atoms with E-state index in [0.717, 1.165) is 22.5 Å². The number of benzene rings is 2. The minimum atomic E-state index is -0.352. The van der Waals surface area contributed by atoms with E-state index in [-0.39, 0.29) is 18.3 Å². The lowest BCUT2D eigenvalue weighted by atomic mass is 9.79. The van der Waals surface area contributed by atoms with Gasteiger partial charge < -0.3 is 19.9 Å². The molecule has 0 amide bonds. The zero-order valence-electron chi connectivity index (χ0n) is 20.5. The van der Waals surface area contributed by atoms with Crippen molar-refractivity contribution in [2.24, 2.45) is 5.73 Å². The van der Waals surface area contributed by atoms with Gasteiger partial charge in [0.1, 0.15) is 0 Å². The highest BCUT2D eigenvalue weighted by Gasteiger charge is 2.51. The van der Waals surface area contributed by atoms with Crippen molar-refractivity contribution in [2.45, 2.75) is 59.7 Å². The molecule has 1 heterocycles. The van der Waals surface area contributed by atoms with Gasteiger partial charge in [-0.3, -0.25) is 0 Å². The van der Waals surface area contributed by atoms with Gasteiger partial charge in [-0.05, 0) is 77.5 Å². The number of hydrogen-bond donors (Lipinski definition) is 1. The fourth-order valence-corrected chi connectivity index (χ4v) is 3.12. The van der Waals surface area contributed by atoms with Crippen molar-refractivity contribution in [3.63, 3.8) is 0 Å². The van der Waals surface area contributed by atoms with Gasteiger partial charge in [0.05, 0.1) is 11.2 Å². The highest BCUT2D eigenvalue weighted by molar-refractivity contribution is 6.62. The van der Waals surface area contributed by atoms with Crippen LogP contribution in [-0.4, -0.2) is 25.4 Å². The molecule has 2 N–H and O–H groups in total. The van der Waals surface area contributed by atoms with Gasteiger partial charge in [-0.25, -0.2) is 0 Å². The summed E-state index contributed by atoms with van der Waals surface area (Å²) in [6.45, 7) is 18.3. The summed E-state index contributed by atoms with van der Waals surface area (Å²) < 4.78 is 12.3. The number of nitrogens with zero attached hydrogens (tertiary/aromatic N) is 1. The molecule has 2 aromatic carbocycles. The lowest BCUT2D eigenvalue weighted by Gasteiger charge is -2.32. The summed E-state index contributed by atoms with van der Waals surface area (Å²) in [6.07, 6.45) is 3.93. The highest BCUT2D eigenvalue weighted by atomic mass is 16.7. The van der Waals surface area contributed by atoms with Gasteiger partial charge in [-0.1, -0.05) is 56.8 Å². The van der Waals surface area contributed by atoms with Crippen LogP contribution in [0.2, 0.25) is 0 Å². The molecule has 3 rings (SSSR count). The largest absolute Gasteiger partial charge is 0.494 e. The SMILES string of the molecule is C=C/C(=C\C)N(c1ccccc1)c1ccc(B2OC(C)(C)C(C)(C)O2)cc1.CC.CN. The molecule has 1 aliphatic rings. The van der Waals surface area contributed by atoms with E-state index in [2.05, 4.69) is 87.4 Å². The fourth-order valence-electron chi connectivity index (χ4n) is 3.12. The van der Waals surface area contributed by atoms with Crippen molar-refractivity contribution in [1.29, 1.82) is 0 Å². The number of para-hydroxylation sites is 1. The van der Waals surface area contributed by atoms with E-state index in [9.17, 15) is 0 Å². The lowest BCUT2D eigenvalue weighted by molar-refractivity contribution is 0.00578. The maximum absolute atomic E-state index is 6.16. The number of anilines is 2. The zero-order chi connectivity index (χ0) is 23.7. The van der Waals surface area contributed by atoms with Crippen LogP contribution in [0.3, 0.4) is 0 Å². The summed E-state index contributed by atoms with van der Waals surface area (Å²) in [7, 11) is 1.15. The lowest BCUT2D eigenvalue weighted by Crippen LogP contribution is -2.41. The Morgan fingerprint density at radius 2 is 1.32 bits per heavy atom. The number of rotatable bonds is 5. The van der Waals surface area contributed by atoms with E-state index >= 15 is 0 Å². The van der Waals surface area contributed by atoms with Gasteiger partial charge in [0, 0.05) is 17.1 Å². The standard InChI is InChI=1S/C23H28BNO2.C2H6.CH5N/c1-7-19(8-2)25(20-12-10-9-11-13-20)21-16-14-18(15-17-21)24-26-22(3,4)23(5,6)27-24;2*1-2/h7-17H,1H2,2-6H3;1-2H3;2H2,1H3/b19-8+;;. The van der Waals surface area contributed by atoms with E-state index in [0.29, 0.717) is 0 Å². The molecule has 168 valence electrons. The minimum Gasteiger partial charge on any atom is -0.399 e. The first-order chi connectivity index (χ1) is 14.8. The maximum atomic E-state index is 6.16. The van der Waals surface area contributed by atoms with Crippen LogP contribution in [0.1, 0.15) is 48.5 Å². The monoisotopic (exact) mass is 422 g/mol. The Morgan fingerprint density at radius 1 is 0.871 bits per heavy atom. The Bertz CT molecular complexity index is 814. The first-order valence-electron chi connectivity index (χ1n) is 11.0. The molecule has 1 saturated heterocycles. The first-order valence-corrected chi connectivity index (χ1v) is 11.0. The molecule has 31 heavy (non-hydrogen) atoms. The summed E-state index contributed by atoms with van der Waals surface area (Å²) >= 11 is 0. The Morgan fingerprint density at radius 3 is 1.74 bits per heavy atom. The van der Waals surface area contributed by atoms with Gasteiger partial charge in [-0.2, -0.15) is 0 Å². The van der Waals surface area contributed by atoms with E-state index in [1.165, 1.54) is 7.05 Å². The van der Waals surface area contributed by atoms with Crippen molar-refractivity contribution >= 4 is 24.0 Å². The second-order valence-electron chi connectivity index (χ2n) is 7.77. The van der Waals surface area contributed by atoms with E-state index < -0.39 is 0 Å². The molecular weight excluding hydrogens is 383 g/mol. The number of allylic oxidation sites excluding steroid dienone is 2. The molecule has 0 aliphatic carbocycles. The summed E-state index contributed by atoms with van der Waals surface area (Å²) in [6, 6.07) is 18.6. The van der Waals surface area contributed by atoms with Gasteiger partial charge in [0.2, 0.25) is 0 Å². The summed E-state index contributed by atoms with van der Waals surface area (Å²) in [4.78, 5) is 2.18. The zero-order valence-corrected chi connectivity index (χ0v) is 20.5. The predicted molar refractivity (Wildman–Crippen MR) is 136 cm³/mol. The van der Waals surface area contributed by atoms with E-state index in [4.69, 9.17) is 9.31 Å². The molecule has 0 aromatic heterocycles. The van der Waals surface area contributed by atoms with Crippen LogP contribution in [0.15, 0.2) is 79.0 Å². The molecular formula is C26H39BN2O2. The molecule has 0 bridgehead atoms. The fraction of sp³-hybridized carbons (Fsp3) is 0.385. The van der Waals surface area contributed by atoms with Crippen LogP contribution in [0.25, 0.3) is 0 Å². The topological polar surface area (TPSA) is 47.7 Å². The molecule has 1 aliphatic heterocycles. The van der Waals surface area contributed by atoms with Crippen LogP contribution in [0.4, 0.5) is 11.4 Å². The number of nitrogens with two attached hydrogens (primary N) is 1. The van der Waals surface area contributed by atoms with E-state index in [1.54, 1.807) is 0 Å². The third-order valence-electron chi connectivity index (χ3n) is 5.45. The third kappa shape index (κ3) is 6.10. The summed E-state index contributed by atoms with van der Waals surface area (Å²) in [5, 5.41) is 0. The Hall–Kier alpha value is -2.34. The third-order valence-corrected chi connectivity index (χ3v) is 5.45. The van der Waals surface area contributed by atoms with Gasteiger partial charge >= 0.3 is 7.12 Å². The Balaban J connectivity index is 0.00000113. The van der Waals surface area contributed by atoms with Crippen molar-refractivity contribution in [3.8, 4) is 0 Å². The Labute approximate surface area is 189 Å². The summed E-state index contributed by atoms with van der Waals surface area (Å²) in [5.74, 6) is 0. The Kier molecular flexibility index (Phi) is 10.2. The molecule has 0 unspecified atom stereocenters. The quantitative estimate of drug-likeness (QED) is 0.488. The molecule has 2 aromatic rings. The normalized spacial score (nSPS) is 16.4. The van der Waals surface area contributed by atoms with E-state index in [1.807, 2.05) is 45.0 Å². The molecule has 0 spiro atoms. The van der Waals surface area contributed by atoms with Gasteiger partial charge in [0.25, 0.3) is 0 Å². The van der Waals surface area contributed by atoms with Crippen LogP contribution in [0, 0.1) is 0 Å². The minimum absolute atomic E-state index is 0.340. The number of hydrogen-bond acceptors (Lipinski definition) is 4. The van der Waals surface area contributed by atoms with Gasteiger partial charge in [0.15, 0.2) is 0 Å². The van der Waals surface area contributed by atoms with Crippen LogP contribution in [-0.2, 0) is 9.31 Å². The smallest absolute Gasteiger partial charge is 0.399 e. The first kappa shape index (κ1) is 26.7. The van der Waals surface area contributed by atoms with Crippen molar-refractivity contribution in [1.82, 2.24) is 0 Å². The summed E-state index contributed by atoms with van der Waals surface area (Å²) in [5.41, 5.74) is 8.03. The molecule has 4 nitrogen and oxygen atoms in total. The molecule has 0 atom stereocenters. The average molecular weight is 422 g/mol. The van der Waals surface area contributed by atoms with Crippen LogP contribution >= 0.6 is 0 Å².